The summed E-state index contributed by atoms with van der Waals surface area (Å²) in [5.74, 6) is 0.122. The monoisotopic (exact) mass is 275 g/mol. The van der Waals surface area contributed by atoms with Crippen molar-refractivity contribution in [3.8, 4) is 0 Å². The van der Waals surface area contributed by atoms with E-state index in [2.05, 4.69) is 26.4 Å². The molecule has 2 nitrogen and oxygen atoms in total. The lowest BCUT2D eigenvalue weighted by Crippen LogP contribution is -2.04. The normalized spacial score (nSPS) is 9.83. The van der Waals surface area contributed by atoms with Gasteiger partial charge in [-0.2, -0.15) is 0 Å². The fourth-order valence-electron chi connectivity index (χ4n) is 1.09. The highest BCUT2D eigenvalue weighted by Crippen LogP contribution is 2.09. The predicted molar refractivity (Wildman–Crippen MR) is 57.3 cm³/mol. The van der Waals surface area contributed by atoms with E-state index in [0.717, 1.165) is 17.7 Å². The van der Waals surface area contributed by atoms with Gasteiger partial charge in [0, 0.05) is 35.0 Å². The number of benzene rings is 1. The first kappa shape index (κ1) is 9.67. The zero-order chi connectivity index (χ0) is 8.97. The van der Waals surface area contributed by atoms with E-state index in [4.69, 9.17) is 0 Å². The molecule has 0 saturated heterocycles. The summed E-state index contributed by atoms with van der Waals surface area (Å²) in [6.07, 6.45) is 0. The van der Waals surface area contributed by atoms with Gasteiger partial charge >= 0.3 is 0 Å². The van der Waals surface area contributed by atoms with Crippen LogP contribution in [-0.4, -0.2) is 5.78 Å². The van der Waals surface area contributed by atoms with Crippen LogP contribution in [0.15, 0.2) is 24.3 Å². The molecule has 0 saturated carbocycles. The molecule has 0 bridgehead atoms. The maximum absolute atomic E-state index is 11.1. The summed E-state index contributed by atoms with van der Waals surface area (Å²) >= 11 is 2.07. The van der Waals surface area contributed by atoms with Crippen molar-refractivity contribution in [1.82, 2.24) is 3.53 Å². The zero-order valence-electron chi connectivity index (χ0n) is 6.80. The molecule has 0 fully saturated rings. The van der Waals surface area contributed by atoms with Crippen LogP contribution in [0.1, 0.15) is 22.8 Å². The Morgan fingerprint density at radius 1 is 1.50 bits per heavy atom. The molecule has 1 rings (SSSR count). The summed E-state index contributed by atoms with van der Waals surface area (Å²) < 4.78 is 3.00. The lowest BCUT2D eigenvalue weighted by atomic mass is 10.1. The molecule has 3 heteroatoms. The van der Waals surface area contributed by atoms with Gasteiger partial charge in [-0.1, -0.05) is 24.3 Å². The number of nitrogens with one attached hydrogen (secondary N) is 1. The number of ketones is 1. The number of halogens is 1. The second-order valence-electron chi connectivity index (χ2n) is 2.52. The third kappa shape index (κ3) is 2.28. The summed E-state index contributed by atoms with van der Waals surface area (Å²) in [5.41, 5.74) is 1.86. The fourth-order valence-corrected chi connectivity index (χ4v) is 1.50. The van der Waals surface area contributed by atoms with Crippen molar-refractivity contribution in [2.45, 2.75) is 13.5 Å². The van der Waals surface area contributed by atoms with Crippen LogP contribution in [0, 0.1) is 0 Å². The average molecular weight is 275 g/mol. The van der Waals surface area contributed by atoms with Gasteiger partial charge in [0.1, 0.15) is 0 Å². The highest BCUT2D eigenvalue weighted by atomic mass is 127. The van der Waals surface area contributed by atoms with Gasteiger partial charge in [-0.05, 0) is 12.5 Å². The minimum absolute atomic E-state index is 0.122. The lowest BCUT2D eigenvalue weighted by Gasteiger charge is -2.03. The summed E-state index contributed by atoms with van der Waals surface area (Å²) in [6.45, 7) is 2.32. The van der Waals surface area contributed by atoms with Crippen LogP contribution in [-0.2, 0) is 6.54 Å². The summed E-state index contributed by atoms with van der Waals surface area (Å²) in [4.78, 5) is 11.1. The molecule has 0 aliphatic carbocycles. The molecule has 64 valence electrons. The van der Waals surface area contributed by atoms with E-state index in [1.54, 1.807) is 6.92 Å². The standard InChI is InChI=1S/C9H10INO/c1-7(12)9-5-3-2-4-8(9)6-11-10/h2-5,11H,6H2,1H3. The SMILES string of the molecule is CC(=O)c1ccccc1CNI. The first-order chi connectivity index (χ1) is 5.75. The van der Waals surface area contributed by atoms with Crippen LogP contribution < -0.4 is 3.53 Å². The molecule has 1 aromatic carbocycles. The molecule has 0 amide bonds. The van der Waals surface area contributed by atoms with Crippen LogP contribution >= 0.6 is 22.9 Å². The first-order valence-corrected chi connectivity index (χ1v) is 4.76. The van der Waals surface area contributed by atoms with E-state index in [0.29, 0.717) is 0 Å². The third-order valence-corrected chi connectivity index (χ3v) is 2.04. The topological polar surface area (TPSA) is 29.1 Å². The Morgan fingerprint density at radius 3 is 2.75 bits per heavy atom. The van der Waals surface area contributed by atoms with Crippen LogP contribution in [0.5, 0.6) is 0 Å². The van der Waals surface area contributed by atoms with Crippen molar-refractivity contribution < 1.29 is 4.79 Å². The molecule has 0 unspecified atom stereocenters. The van der Waals surface area contributed by atoms with E-state index in [9.17, 15) is 4.79 Å². The molecule has 12 heavy (non-hydrogen) atoms. The number of Topliss-reactive ketones (excluding diaryl/α,β-unsaturated/α-hetero) is 1. The van der Waals surface area contributed by atoms with E-state index < -0.39 is 0 Å². The smallest absolute Gasteiger partial charge is 0.160 e. The van der Waals surface area contributed by atoms with Crippen LogP contribution in [0.2, 0.25) is 0 Å². The zero-order valence-corrected chi connectivity index (χ0v) is 8.96. The Bertz CT molecular complexity index is 286. The maximum Gasteiger partial charge on any atom is 0.160 e. The largest absolute Gasteiger partial charge is 0.295 e. The van der Waals surface area contributed by atoms with Gasteiger partial charge in [0.15, 0.2) is 5.78 Å². The van der Waals surface area contributed by atoms with Crippen LogP contribution in [0.4, 0.5) is 0 Å². The Balaban J connectivity index is 3.00. The molecule has 0 aliphatic rings. The molecule has 0 aromatic heterocycles. The van der Waals surface area contributed by atoms with Crippen molar-refractivity contribution >= 4 is 28.6 Å². The van der Waals surface area contributed by atoms with Gasteiger partial charge in [0.05, 0.1) is 0 Å². The molecule has 1 aromatic rings. The highest BCUT2D eigenvalue weighted by molar-refractivity contribution is 14.1. The van der Waals surface area contributed by atoms with Gasteiger partial charge in [-0.15, -0.1) is 0 Å². The van der Waals surface area contributed by atoms with Crippen molar-refractivity contribution in [3.05, 3.63) is 35.4 Å². The maximum atomic E-state index is 11.1. The number of carbonyl (C=O) groups excluding carboxylic acids is 1. The quantitative estimate of drug-likeness (QED) is 0.521. The third-order valence-electron chi connectivity index (χ3n) is 1.65. The van der Waals surface area contributed by atoms with Crippen molar-refractivity contribution in [1.29, 1.82) is 0 Å². The Hall–Kier alpha value is -0.420. The fraction of sp³-hybridized carbons (Fsp3) is 0.222. The van der Waals surface area contributed by atoms with E-state index in [-0.39, 0.29) is 5.78 Å². The lowest BCUT2D eigenvalue weighted by molar-refractivity contribution is 0.101. The minimum atomic E-state index is 0.122. The van der Waals surface area contributed by atoms with Gasteiger partial charge in [0.2, 0.25) is 0 Å². The Kier molecular flexibility index (Phi) is 3.68. The summed E-state index contributed by atoms with van der Waals surface area (Å²) in [7, 11) is 0. The first-order valence-electron chi connectivity index (χ1n) is 3.68. The second kappa shape index (κ2) is 4.57. The number of hydrogen-bond donors (Lipinski definition) is 1. The number of rotatable bonds is 3. The van der Waals surface area contributed by atoms with Gasteiger partial charge in [0.25, 0.3) is 0 Å². The second-order valence-corrected chi connectivity index (χ2v) is 3.29. The molecule has 0 radical (unpaired) electrons. The molecule has 0 spiro atoms. The molecular formula is C9H10INO. The molecule has 0 atom stereocenters. The summed E-state index contributed by atoms with van der Waals surface area (Å²) in [6, 6.07) is 7.64. The average Bonchev–Trinajstić information content (AvgIpc) is 2.05. The molecule has 1 N–H and O–H groups in total. The molecular weight excluding hydrogens is 265 g/mol. The molecule has 0 aliphatic heterocycles. The summed E-state index contributed by atoms with van der Waals surface area (Å²) in [5, 5.41) is 0. The molecule has 0 heterocycles. The van der Waals surface area contributed by atoms with E-state index in [1.807, 2.05) is 24.3 Å². The highest BCUT2D eigenvalue weighted by Gasteiger charge is 2.03. The van der Waals surface area contributed by atoms with Crippen molar-refractivity contribution in [2.75, 3.05) is 0 Å². The number of carbonyl (C=O) groups is 1. The predicted octanol–water partition coefficient (Wildman–Crippen LogP) is 2.33. The van der Waals surface area contributed by atoms with Crippen LogP contribution in [0.3, 0.4) is 0 Å². The van der Waals surface area contributed by atoms with E-state index >= 15 is 0 Å². The Labute approximate surface area is 85.9 Å². The van der Waals surface area contributed by atoms with Crippen molar-refractivity contribution in [3.63, 3.8) is 0 Å². The van der Waals surface area contributed by atoms with Gasteiger partial charge < -0.3 is 0 Å². The van der Waals surface area contributed by atoms with E-state index in [1.165, 1.54) is 0 Å². The van der Waals surface area contributed by atoms with Crippen molar-refractivity contribution in [2.24, 2.45) is 0 Å². The van der Waals surface area contributed by atoms with Crippen LogP contribution in [0.25, 0.3) is 0 Å². The Morgan fingerprint density at radius 2 is 2.17 bits per heavy atom. The minimum Gasteiger partial charge on any atom is -0.295 e. The van der Waals surface area contributed by atoms with Gasteiger partial charge in [-0.3, -0.25) is 8.32 Å². The van der Waals surface area contributed by atoms with Gasteiger partial charge in [-0.25, -0.2) is 0 Å². The number of hydrogen-bond acceptors (Lipinski definition) is 2.